The van der Waals surface area contributed by atoms with Gasteiger partial charge in [-0.1, -0.05) is 24.3 Å². The number of amides is 1. The number of nitrogens with zero attached hydrogens (tertiary/aromatic N) is 2. The maximum Gasteiger partial charge on any atom is 0.271 e. The van der Waals surface area contributed by atoms with Gasteiger partial charge < -0.3 is 10.2 Å². The van der Waals surface area contributed by atoms with Crippen molar-refractivity contribution in [3.05, 3.63) is 63.7 Å². The van der Waals surface area contributed by atoms with Crippen LogP contribution in [0.5, 0.6) is 0 Å². The highest BCUT2D eigenvalue weighted by Crippen LogP contribution is 2.31. The molecule has 1 aliphatic heterocycles. The van der Waals surface area contributed by atoms with Crippen LogP contribution in [0.3, 0.4) is 0 Å². The molecule has 0 bridgehead atoms. The molecule has 0 unspecified atom stereocenters. The fourth-order valence-electron chi connectivity index (χ4n) is 3.07. The summed E-state index contributed by atoms with van der Waals surface area (Å²) in [7, 11) is 0. The Morgan fingerprint density at radius 3 is 2.83 bits per heavy atom. The molecule has 6 nitrogen and oxygen atoms in total. The maximum absolute atomic E-state index is 12.4. The molecule has 2 aromatic carbocycles. The van der Waals surface area contributed by atoms with Crippen molar-refractivity contribution in [1.29, 1.82) is 0 Å². The van der Waals surface area contributed by atoms with E-state index in [4.69, 9.17) is 0 Å². The van der Waals surface area contributed by atoms with Crippen LogP contribution in [0.2, 0.25) is 0 Å². The monoisotopic (exact) mass is 325 g/mol. The molecule has 24 heavy (non-hydrogen) atoms. The van der Waals surface area contributed by atoms with E-state index in [0.29, 0.717) is 5.69 Å². The van der Waals surface area contributed by atoms with Crippen LogP contribution in [0.25, 0.3) is 0 Å². The number of nitro benzene ring substituents is 1. The van der Waals surface area contributed by atoms with Gasteiger partial charge in [-0.2, -0.15) is 0 Å². The molecule has 1 aliphatic rings. The molecule has 0 saturated carbocycles. The summed E-state index contributed by atoms with van der Waals surface area (Å²) in [5.41, 5.74) is 3.56. The third-order valence-corrected chi connectivity index (χ3v) is 4.37. The highest BCUT2D eigenvalue weighted by atomic mass is 16.6. The number of aryl methyl sites for hydroxylation is 1. The Kier molecular flexibility index (Phi) is 4.20. The second kappa shape index (κ2) is 6.31. The fraction of sp³-hybridized carbons (Fsp3) is 0.278. The number of nitro groups is 1. The van der Waals surface area contributed by atoms with E-state index in [1.807, 2.05) is 25.1 Å². The van der Waals surface area contributed by atoms with Gasteiger partial charge in [0.1, 0.15) is 0 Å². The average molecular weight is 325 g/mol. The van der Waals surface area contributed by atoms with Crippen LogP contribution in [-0.4, -0.2) is 23.4 Å². The Hall–Kier alpha value is -2.89. The van der Waals surface area contributed by atoms with Gasteiger partial charge in [-0.3, -0.25) is 14.9 Å². The van der Waals surface area contributed by atoms with Crippen LogP contribution >= 0.6 is 0 Å². The number of carbonyl (C=O) groups is 1. The number of carbonyl (C=O) groups excluding carboxylic acids is 1. The van der Waals surface area contributed by atoms with Crippen molar-refractivity contribution >= 4 is 23.0 Å². The van der Waals surface area contributed by atoms with E-state index in [-0.39, 0.29) is 24.2 Å². The molecule has 1 atom stereocenters. The standard InChI is InChI=1S/C18H19N3O3/c1-12-7-8-15(21(23)24)10-16(12)19-18(22)11-20-13(2)9-14-5-3-4-6-17(14)20/h3-8,10,13H,9,11H2,1-2H3,(H,19,22)/t13-/m0/s1. The van der Waals surface area contributed by atoms with E-state index in [9.17, 15) is 14.9 Å². The summed E-state index contributed by atoms with van der Waals surface area (Å²) in [5, 5.41) is 13.7. The Balaban J connectivity index is 1.75. The molecular weight excluding hydrogens is 306 g/mol. The molecule has 124 valence electrons. The average Bonchev–Trinajstić information content (AvgIpc) is 2.85. The van der Waals surface area contributed by atoms with Crippen LogP contribution in [0.1, 0.15) is 18.1 Å². The maximum atomic E-state index is 12.4. The number of benzene rings is 2. The number of rotatable bonds is 4. The third kappa shape index (κ3) is 3.08. The van der Waals surface area contributed by atoms with Gasteiger partial charge in [-0.15, -0.1) is 0 Å². The molecule has 0 spiro atoms. The molecule has 0 aromatic heterocycles. The lowest BCUT2D eigenvalue weighted by Crippen LogP contribution is -2.37. The van der Waals surface area contributed by atoms with Crippen LogP contribution in [0.4, 0.5) is 17.1 Å². The minimum absolute atomic E-state index is 0.0317. The molecular formula is C18H19N3O3. The summed E-state index contributed by atoms with van der Waals surface area (Å²) in [4.78, 5) is 24.9. The number of nitrogens with one attached hydrogen (secondary N) is 1. The predicted octanol–water partition coefficient (Wildman–Crippen LogP) is 3.29. The zero-order chi connectivity index (χ0) is 17.3. The van der Waals surface area contributed by atoms with Gasteiger partial charge in [0.2, 0.25) is 5.91 Å². The van der Waals surface area contributed by atoms with Crippen molar-refractivity contribution in [3.8, 4) is 0 Å². The fourth-order valence-corrected chi connectivity index (χ4v) is 3.07. The van der Waals surface area contributed by atoms with Gasteiger partial charge in [0.25, 0.3) is 5.69 Å². The Morgan fingerprint density at radius 1 is 1.33 bits per heavy atom. The van der Waals surface area contributed by atoms with Crippen molar-refractivity contribution < 1.29 is 9.72 Å². The smallest absolute Gasteiger partial charge is 0.271 e. The summed E-state index contributed by atoms with van der Waals surface area (Å²) in [6.45, 7) is 4.12. The first-order valence-electron chi connectivity index (χ1n) is 7.85. The molecule has 1 N–H and O–H groups in total. The van der Waals surface area contributed by atoms with Crippen molar-refractivity contribution in [1.82, 2.24) is 0 Å². The Bertz CT molecular complexity index is 804. The lowest BCUT2D eigenvalue weighted by atomic mass is 10.1. The zero-order valence-electron chi connectivity index (χ0n) is 13.7. The summed E-state index contributed by atoms with van der Waals surface area (Å²) in [5.74, 6) is -0.179. The van der Waals surface area contributed by atoms with Crippen LogP contribution in [-0.2, 0) is 11.2 Å². The van der Waals surface area contributed by atoms with E-state index >= 15 is 0 Å². The highest BCUT2D eigenvalue weighted by molar-refractivity contribution is 5.95. The number of hydrogen-bond donors (Lipinski definition) is 1. The topological polar surface area (TPSA) is 75.5 Å². The Labute approximate surface area is 140 Å². The highest BCUT2D eigenvalue weighted by Gasteiger charge is 2.27. The predicted molar refractivity (Wildman–Crippen MR) is 93.4 cm³/mol. The first kappa shape index (κ1) is 16.0. The second-order valence-electron chi connectivity index (χ2n) is 6.11. The quantitative estimate of drug-likeness (QED) is 0.691. The normalized spacial score (nSPS) is 15.9. The van der Waals surface area contributed by atoms with Crippen LogP contribution in [0, 0.1) is 17.0 Å². The van der Waals surface area contributed by atoms with Crippen molar-refractivity contribution in [2.45, 2.75) is 26.3 Å². The molecule has 0 radical (unpaired) electrons. The molecule has 6 heteroatoms. The number of hydrogen-bond acceptors (Lipinski definition) is 4. The molecule has 1 amide bonds. The number of para-hydroxylation sites is 1. The minimum Gasteiger partial charge on any atom is -0.359 e. The summed E-state index contributed by atoms with van der Waals surface area (Å²) in [6.07, 6.45) is 0.916. The van der Waals surface area contributed by atoms with Crippen molar-refractivity contribution in [3.63, 3.8) is 0 Å². The zero-order valence-corrected chi connectivity index (χ0v) is 13.7. The summed E-state index contributed by atoms with van der Waals surface area (Å²) < 4.78 is 0. The van der Waals surface area contributed by atoms with E-state index in [2.05, 4.69) is 23.2 Å². The SMILES string of the molecule is Cc1ccc([N+](=O)[O-])cc1NC(=O)CN1c2ccccc2C[C@@H]1C. The summed E-state index contributed by atoms with van der Waals surface area (Å²) >= 11 is 0. The van der Waals surface area contributed by atoms with E-state index in [0.717, 1.165) is 17.7 Å². The van der Waals surface area contributed by atoms with Gasteiger partial charge in [-0.25, -0.2) is 0 Å². The molecule has 0 aliphatic carbocycles. The Morgan fingerprint density at radius 2 is 2.08 bits per heavy atom. The van der Waals surface area contributed by atoms with Crippen LogP contribution in [0.15, 0.2) is 42.5 Å². The largest absolute Gasteiger partial charge is 0.359 e. The van der Waals surface area contributed by atoms with E-state index in [1.165, 1.54) is 17.7 Å². The first-order valence-corrected chi connectivity index (χ1v) is 7.85. The minimum atomic E-state index is -0.464. The van der Waals surface area contributed by atoms with Gasteiger partial charge in [0.15, 0.2) is 0 Å². The van der Waals surface area contributed by atoms with Gasteiger partial charge in [0, 0.05) is 23.9 Å². The molecule has 2 aromatic rings. The summed E-state index contributed by atoms with van der Waals surface area (Å²) in [6, 6.07) is 12.8. The first-order chi connectivity index (χ1) is 11.5. The number of anilines is 2. The van der Waals surface area contributed by atoms with Gasteiger partial charge in [-0.05, 0) is 37.5 Å². The van der Waals surface area contributed by atoms with E-state index < -0.39 is 4.92 Å². The third-order valence-electron chi connectivity index (χ3n) is 4.37. The second-order valence-corrected chi connectivity index (χ2v) is 6.11. The van der Waals surface area contributed by atoms with Crippen LogP contribution < -0.4 is 10.2 Å². The van der Waals surface area contributed by atoms with Gasteiger partial charge >= 0.3 is 0 Å². The lowest BCUT2D eigenvalue weighted by molar-refractivity contribution is -0.384. The number of fused-ring (bicyclic) bond motifs is 1. The van der Waals surface area contributed by atoms with Gasteiger partial charge in [0.05, 0.1) is 17.2 Å². The molecule has 1 heterocycles. The molecule has 3 rings (SSSR count). The van der Waals surface area contributed by atoms with Crippen molar-refractivity contribution in [2.24, 2.45) is 0 Å². The number of non-ortho nitro benzene ring substituents is 1. The molecule has 0 saturated heterocycles. The molecule has 0 fully saturated rings. The van der Waals surface area contributed by atoms with Crippen molar-refractivity contribution in [2.75, 3.05) is 16.8 Å². The van der Waals surface area contributed by atoms with E-state index in [1.54, 1.807) is 6.07 Å². The lowest BCUT2D eigenvalue weighted by Gasteiger charge is -2.24.